The molecule has 2 rings (SSSR count). The van der Waals surface area contributed by atoms with Crippen LogP contribution in [0.4, 0.5) is 5.69 Å². The number of hydrogen-bond donors (Lipinski definition) is 2. The molecule has 1 amide bonds. The van der Waals surface area contributed by atoms with Crippen LogP contribution in [0.3, 0.4) is 0 Å². The Kier molecular flexibility index (Phi) is 2.78. The van der Waals surface area contributed by atoms with Crippen LogP contribution < -0.4 is 5.32 Å². The Bertz CT molecular complexity index is 511. The van der Waals surface area contributed by atoms with Crippen molar-refractivity contribution in [3.8, 4) is 5.75 Å². The van der Waals surface area contributed by atoms with Crippen molar-refractivity contribution in [3.05, 3.63) is 41.2 Å². The lowest BCUT2D eigenvalue weighted by Gasteiger charge is -2.03. The van der Waals surface area contributed by atoms with Crippen LogP contribution in [0.1, 0.15) is 10.5 Å². The number of nitrogens with one attached hydrogen (secondary N) is 1. The third-order valence-corrected chi connectivity index (χ3v) is 2.19. The van der Waals surface area contributed by atoms with Crippen molar-refractivity contribution in [2.75, 3.05) is 5.32 Å². The lowest BCUT2D eigenvalue weighted by molar-refractivity contribution is 0.101. The van der Waals surface area contributed by atoms with Gasteiger partial charge in [0.1, 0.15) is 12.0 Å². The van der Waals surface area contributed by atoms with Crippen molar-refractivity contribution in [1.29, 1.82) is 0 Å². The number of benzene rings is 1. The number of amides is 1. The predicted molar refractivity (Wildman–Crippen MR) is 57.6 cm³/mol. The summed E-state index contributed by atoms with van der Waals surface area (Å²) in [6, 6.07) is 5.83. The van der Waals surface area contributed by atoms with Crippen molar-refractivity contribution in [3.63, 3.8) is 0 Å². The Hall–Kier alpha value is -2.01. The van der Waals surface area contributed by atoms with Gasteiger partial charge in [-0.1, -0.05) is 16.8 Å². The topological polar surface area (TPSA) is 75.4 Å². The molecular weight excluding hydrogens is 232 g/mol. The van der Waals surface area contributed by atoms with E-state index in [1.54, 1.807) is 6.07 Å². The van der Waals surface area contributed by atoms with Crippen molar-refractivity contribution < 1.29 is 14.4 Å². The minimum Gasteiger partial charge on any atom is -0.506 e. The number of aromatic hydroxyl groups is 1. The van der Waals surface area contributed by atoms with Crippen LogP contribution in [0.25, 0.3) is 0 Å². The molecule has 1 heterocycles. The highest BCUT2D eigenvalue weighted by molar-refractivity contribution is 6.32. The third kappa shape index (κ3) is 2.14. The number of nitrogens with zero attached hydrogens (tertiary/aromatic N) is 1. The average Bonchev–Trinajstić information content (AvgIpc) is 2.77. The Balaban J connectivity index is 2.15. The molecule has 0 saturated carbocycles. The first-order valence-electron chi connectivity index (χ1n) is 4.37. The van der Waals surface area contributed by atoms with E-state index in [0.717, 1.165) is 0 Å². The summed E-state index contributed by atoms with van der Waals surface area (Å²) in [4.78, 5) is 11.5. The molecule has 0 fully saturated rings. The van der Waals surface area contributed by atoms with E-state index < -0.39 is 5.91 Å². The van der Waals surface area contributed by atoms with E-state index in [9.17, 15) is 9.90 Å². The molecule has 0 aliphatic carbocycles. The Labute approximate surface area is 95.6 Å². The van der Waals surface area contributed by atoms with Gasteiger partial charge in [0, 0.05) is 17.8 Å². The lowest BCUT2D eigenvalue weighted by Crippen LogP contribution is -2.11. The highest BCUT2D eigenvalue weighted by Gasteiger charge is 2.09. The summed E-state index contributed by atoms with van der Waals surface area (Å²) in [7, 11) is 0. The fourth-order valence-electron chi connectivity index (χ4n) is 1.12. The third-order valence-electron chi connectivity index (χ3n) is 1.87. The number of phenols is 1. The van der Waals surface area contributed by atoms with E-state index in [1.807, 2.05) is 0 Å². The fourth-order valence-corrected chi connectivity index (χ4v) is 1.23. The Morgan fingerprint density at radius 2 is 2.25 bits per heavy atom. The molecule has 0 unspecified atom stereocenters. The second-order valence-electron chi connectivity index (χ2n) is 3.01. The largest absolute Gasteiger partial charge is 0.506 e. The van der Waals surface area contributed by atoms with Crippen LogP contribution in [0, 0.1) is 0 Å². The Morgan fingerprint density at radius 1 is 1.44 bits per heavy atom. The summed E-state index contributed by atoms with van der Waals surface area (Å²) in [6.45, 7) is 0. The van der Waals surface area contributed by atoms with Gasteiger partial charge in [-0.3, -0.25) is 4.79 Å². The average molecular weight is 239 g/mol. The van der Waals surface area contributed by atoms with Gasteiger partial charge in [0.2, 0.25) is 0 Å². The van der Waals surface area contributed by atoms with Crippen LogP contribution in [-0.2, 0) is 0 Å². The summed E-state index contributed by atoms with van der Waals surface area (Å²) >= 11 is 5.63. The zero-order chi connectivity index (χ0) is 11.5. The van der Waals surface area contributed by atoms with Gasteiger partial charge in [0.05, 0.1) is 5.02 Å². The number of carbonyl (C=O) groups is 1. The van der Waals surface area contributed by atoms with E-state index >= 15 is 0 Å². The van der Waals surface area contributed by atoms with Crippen molar-refractivity contribution in [2.45, 2.75) is 0 Å². The summed E-state index contributed by atoms with van der Waals surface area (Å²) in [5.74, 6) is -0.518. The van der Waals surface area contributed by atoms with Gasteiger partial charge in [0.15, 0.2) is 5.69 Å². The molecule has 0 aliphatic rings. The molecule has 0 bridgehead atoms. The molecule has 0 aliphatic heterocycles. The second-order valence-corrected chi connectivity index (χ2v) is 3.41. The van der Waals surface area contributed by atoms with E-state index in [0.29, 0.717) is 5.69 Å². The standard InChI is InChI=1S/C10H7ClN2O3/c11-7-2-1-6(5-9(7)14)12-10(15)8-3-4-16-13-8/h1-5,14H,(H,12,15). The van der Waals surface area contributed by atoms with Gasteiger partial charge < -0.3 is 14.9 Å². The molecule has 82 valence electrons. The quantitative estimate of drug-likeness (QED) is 0.842. The van der Waals surface area contributed by atoms with Gasteiger partial charge in [-0.25, -0.2) is 0 Å². The fraction of sp³-hybridized carbons (Fsp3) is 0. The zero-order valence-electron chi connectivity index (χ0n) is 7.98. The highest BCUT2D eigenvalue weighted by atomic mass is 35.5. The van der Waals surface area contributed by atoms with E-state index in [4.69, 9.17) is 11.6 Å². The molecule has 0 radical (unpaired) electrons. The maximum Gasteiger partial charge on any atom is 0.277 e. The van der Waals surface area contributed by atoms with Gasteiger partial charge in [-0.05, 0) is 12.1 Å². The first-order valence-corrected chi connectivity index (χ1v) is 4.75. The maximum absolute atomic E-state index is 11.5. The minimum atomic E-state index is -0.421. The van der Waals surface area contributed by atoms with Crippen LogP contribution in [0.5, 0.6) is 5.75 Å². The molecule has 2 aromatic rings. The number of anilines is 1. The Morgan fingerprint density at radius 3 is 2.88 bits per heavy atom. The van der Waals surface area contributed by atoms with Gasteiger partial charge in [-0.2, -0.15) is 0 Å². The molecule has 1 aromatic carbocycles. The highest BCUT2D eigenvalue weighted by Crippen LogP contribution is 2.26. The molecule has 5 nitrogen and oxygen atoms in total. The van der Waals surface area contributed by atoms with Gasteiger partial charge in [0.25, 0.3) is 5.91 Å². The number of rotatable bonds is 2. The zero-order valence-corrected chi connectivity index (χ0v) is 8.73. The molecule has 16 heavy (non-hydrogen) atoms. The molecule has 0 saturated heterocycles. The van der Waals surface area contributed by atoms with Gasteiger partial charge in [-0.15, -0.1) is 0 Å². The van der Waals surface area contributed by atoms with Crippen LogP contribution >= 0.6 is 11.6 Å². The summed E-state index contributed by atoms with van der Waals surface area (Å²) in [6.07, 6.45) is 1.30. The van der Waals surface area contributed by atoms with Crippen molar-refractivity contribution in [2.24, 2.45) is 0 Å². The summed E-state index contributed by atoms with van der Waals surface area (Å²) < 4.78 is 4.53. The van der Waals surface area contributed by atoms with Crippen LogP contribution in [0.2, 0.25) is 5.02 Å². The number of phenolic OH excluding ortho intramolecular Hbond substituents is 1. The SMILES string of the molecule is O=C(Nc1ccc(Cl)c(O)c1)c1ccon1. The molecule has 2 N–H and O–H groups in total. The molecule has 1 aromatic heterocycles. The summed E-state index contributed by atoms with van der Waals surface area (Å²) in [5.41, 5.74) is 0.587. The van der Waals surface area contributed by atoms with Gasteiger partial charge >= 0.3 is 0 Å². The summed E-state index contributed by atoms with van der Waals surface area (Å²) in [5, 5.41) is 15.6. The van der Waals surface area contributed by atoms with E-state index in [2.05, 4.69) is 15.0 Å². The first kappa shape index (κ1) is 10.5. The van der Waals surface area contributed by atoms with Crippen LogP contribution in [0.15, 0.2) is 35.1 Å². The van der Waals surface area contributed by atoms with E-state index in [1.165, 1.54) is 24.5 Å². The first-order chi connectivity index (χ1) is 7.66. The second kappa shape index (κ2) is 4.24. The number of carbonyl (C=O) groups excluding carboxylic acids is 1. The molecular formula is C10H7ClN2O3. The lowest BCUT2D eigenvalue weighted by atomic mass is 10.3. The smallest absolute Gasteiger partial charge is 0.277 e. The maximum atomic E-state index is 11.5. The van der Waals surface area contributed by atoms with Crippen molar-refractivity contribution in [1.82, 2.24) is 5.16 Å². The molecule has 6 heteroatoms. The predicted octanol–water partition coefficient (Wildman–Crippen LogP) is 2.29. The van der Waals surface area contributed by atoms with Crippen LogP contribution in [-0.4, -0.2) is 16.2 Å². The molecule has 0 atom stereocenters. The number of aromatic nitrogens is 1. The van der Waals surface area contributed by atoms with E-state index in [-0.39, 0.29) is 16.5 Å². The minimum absolute atomic E-state index is 0.0976. The molecule has 0 spiro atoms. The number of halogens is 1. The number of hydrogen-bond acceptors (Lipinski definition) is 4. The van der Waals surface area contributed by atoms with Crippen molar-refractivity contribution >= 4 is 23.2 Å². The normalized spacial score (nSPS) is 10.1. The monoisotopic (exact) mass is 238 g/mol.